The number of hydrogen-bond donors (Lipinski definition) is 0. The van der Waals surface area contributed by atoms with E-state index >= 15 is 0 Å². The highest BCUT2D eigenvalue weighted by atomic mass is 32.1. The van der Waals surface area contributed by atoms with E-state index in [1.807, 2.05) is 11.3 Å². The molecule has 4 heteroatoms. The molecule has 13 rings (SSSR count). The zero-order valence-corrected chi connectivity index (χ0v) is 34.3. The van der Waals surface area contributed by atoms with Crippen LogP contribution >= 0.6 is 11.3 Å². The third kappa shape index (κ3) is 5.30. The summed E-state index contributed by atoms with van der Waals surface area (Å²) in [6.45, 7) is 0. The number of furan rings is 1. The van der Waals surface area contributed by atoms with Crippen molar-refractivity contribution in [3.05, 3.63) is 218 Å². The van der Waals surface area contributed by atoms with Gasteiger partial charge in [-0.25, -0.2) is 0 Å². The maximum absolute atomic E-state index is 6.59. The van der Waals surface area contributed by atoms with E-state index < -0.39 is 0 Å². The maximum Gasteiger partial charge on any atom is 0.143 e. The Morgan fingerprint density at radius 3 is 1.68 bits per heavy atom. The minimum Gasteiger partial charge on any atom is -0.455 e. The molecule has 0 unspecified atom stereocenters. The number of fused-ring (bicyclic) bond motifs is 11. The number of hydrogen-bond acceptors (Lipinski definition) is 3. The highest BCUT2D eigenvalue weighted by Gasteiger charge is 2.22. The average molecular weight is 809 g/mol. The third-order valence-electron chi connectivity index (χ3n) is 12.6. The Balaban J connectivity index is 0.990. The number of benzene rings is 10. The van der Waals surface area contributed by atoms with Crippen LogP contribution in [0.25, 0.3) is 103 Å². The quantitative estimate of drug-likeness (QED) is 0.167. The summed E-state index contributed by atoms with van der Waals surface area (Å²) in [5.74, 6) is 0. The van der Waals surface area contributed by atoms with E-state index in [2.05, 4.69) is 228 Å². The first-order valence-corrected chi connectivity index (χ1v) is 21.9. The molecule has 0 bridgehead atoms. The van der Waals surface area contributed by atoms with Crippen molar-refractivity contribution in [1.82, 2.24) is 4.57 Å². The topological polar surface area (TPSA) is 21.3 Å². The molecule has 0 N–H and O–H groups in total. The molecular weight excluding hydrogens is 773 g/mol. The minimum absolute atomic E-state index is 0.894. The van der Waals surface area contributed by atoms with Crippen molar-refractivity contribution in [2.45, 2.75) is 0 Å². The molecule has 3 nitrogen and oxygen atoms in total. The van der Waals surface area contributed by atoms with Crippen LogP contribution in [-0.2, 0) is 0 Å². The Hall–Kier alpha value is -7.92. The van der Waals surface area contributed by atoms with Gasteiger partial charge in [-0.15, -0.1) is 11.3 Å². The third-order valence-corrected chi connectivity index (χ3v) is 13.7. The van der Waals surface area contributed by atoms with E-state index in [4.69, 9.17) is 4.42 Å². The smallest absolute Gasteiger partial charge is 0.143 e. The van der Waals surface area contributed by atoms with E-state index in [9.17, 15) is 0 Å². The molecule has 13 aromatic rings. The molecule has 62 heavy (non-hydrogen) atoms. The number of thiophene rings is 1. The molecule has 0 amide bonds. The molecule has 0 aliphatic carbocycles. The fourth-order valence-electron chi connectivity index (χ4n) is 9.84. The van der Waals surface area contributed by atoms with E-state index in [1.165, 1.54) is 58.5 Å². The number of para-hydroxylation sites is 4. The van der Waals surface area contributed by atoms with E-state index in [0.717, 1.165) is 61.2 Å². The lowest BCUT2D eigenvalue weighted by Crippen LogP contribution is -2.13. The van der Waals surface area contributed by atoms with Gasteiger partial charge in [-0.2, -0.15) is 0 Å². The minimum atomic E-state index is 0.894. The van der Waals surface area contributed by atoms with Crippen LogP contribution in [0.1, 0.15) is 0 Å². The van der Waals surface area contributed by atoms with Crippen molar-refractivity contribution in [2.24, 2.45) is 0 Å². The molecule has 0 aliphatic heterocycles. The van der Waals surface area contributed by atoms with Gasteiger partial charge in [0.2, 0.25) is 0 Å². The summed E-state index contributed by atoms with van der Waals surface area (Å²) in [6, 6.07) is 79.2. The Kier molecular flexibility index (Phi) is 7.78. The lowest BCUT2D eigenvalue weighted by molar-refractivity contribution is 0.673. The monoisotopic (exact) mass is 808 g/mol. The molecule has 0 fully saturated rings. The summed E-state index contributed by atoms with van der Waals surface area (Å²) >= 11 is 1.86. The normalized spacial score (nSPS) is 11.9. The van der Waals surface area contributed by atoms with E-state index in [0.29, 0.717) is 0 Å². The number of nitrogens with zero attached hydrogens (tertiary/aromatic N) is 2. The fourth-order valence-corrected chi connectivity index (χ4v) is 11.0. The maximum atomic E-state index is 6.59. The Labute approximate surface area is 361 Å². The van der Waals surface area contributed by atoms with Crippen molar-refractivity contribution in [2.75, 3.05) is 4.90 Å². The van der Waals surface area contributed by atoms with E-state index in [-0.39, 0.29) is 0 Å². The van der Waals surface area contributed by atoms with Gasteiger partial charge in [-0.05, 0) is 100 Å². The first-order chi connectivity index (χ1) is 30.8. The number of aromatic nitrogens is 1. The van der Waals surface area contributed by atoms with Crippen LogP contribution < -0.4 is 4.90 Å². The molecule has 3 heterocycles. The summed E-state index contributed by atoms with van der Waals surface area (Å²) in [7, 11) is 0. The zero-order valence-electron chi connectivity index (χ0n) is 33.5. The predicted molar refractivity (Wildman–Crippen MR) is 264 cm³/mol. The van der Waals surface area contributed by atoms with Crippen molar-refractivity contribution >= 4 is 103 Å². The Morgan fingerprint density at radius 2 is 0.952 bits per heavy atom. The molecule has 0 spiro atoms. The zero-order chi connectivity index (χ0) is 40.7. The van der Waals surface area contributed by atoms with Crippen LogP contribution in [0, 0.1) is 0 Å². The van der Waals surface area contributed by atoms with Crippen LogP contribution in [0.15, 0.2) is 223 Å². The van der Waals surface area contributed by atoms with Crippen molar-refractivity contribution in [3.8, 4) is 27.9 Å². The van der Waals surface area contributed by atoms with Crippen LogP contribution in [0.5, 0.6) is 0 Å². The number of rotatable bonds is 6. The van der Waals surface area contributed by atoms with Gasteiger partial charge in [0, 0.05) is 58.5 Å². The molecule has 0 saturated carbocycles. The first kappa shape index (κ1) is 34.9. The standard InChI is InChI=1S/C58H36N2OS/c1-2-14-44-37(13-1)31-36-48-56-42(18-11-24-53(56)61-58(44)48)38-27-32-40(33-28-38)59(41-34-29-39(30-35-41)43-19-12-26-55-57(43)47-17-5-10-25-54(47)62-55)51-22-8-9-23-52(51)60-49-20-6-3-15-45(49)46-16-4-7-21-50(46)60/h1-36H. The predicted octanol–water partition coefficient (Wildman–Crippen LogP) is 17.0. The van der Waals surface area contributed by atoms with E-state index in [1.54, 1.807) is 0 Å². The van der Waals surface area contributed by atoms with Crippen LogP contribution in [-0.4, -0.2) is 4.57 Å². The Morgan fingerprint density at radius 1 is 0.387 bits per heavy atom. The van der Waals surface area contributed by atoms with Gasteiger partial charge in [0.05, 0.1) is 22.4 Å². The second-order valence-corrected chi connectivity index (χ2v) is 17.1. The Bertz CT molecular complexity index is 3820. The molecule has 0 atom stereocenters. The second-order valence-electron chi connectivity index (χ2n) is 16.0. The van der Waals surface area contributed by atoms with Crippen LogP contribution in [0.4, 0.5) is 17.1 Å². The average Bonchev–Trinajstić information content (AvgIpc) is 4.02. The summed E-state index contributed by atoms with van der Waals surface area (Å²) in [5.41, 5.74) is 13.2. The van der Waals surface area contributed by atoms with Gasteiger partial charge < -0.3 is 13.9 Å². The van der Waals surface area contributed by atoms with Gasteiger partial charge in [0.25, 0.3) is 0 Å². The molecule has 10 aromatic carbocycles. The van der Waals surface area contributed by atoms with Crippen LogP contribution in [0.3, 0.4) is 0 Å². The summed E-state index contributed by atoms with van der Waals surface area (Å²) in [5, 5.41) is 9.68. The van der Waals surface area contributed by atoms with Crippen molar-refractivity contribution in [3.63, 3.8) is 0 Å². The van der Waals surface area contributed by atoms with Crippen molar-refractivity contribution < 1.29 is 4.42 Å². The van der Waals surface area contributed by atoms with Gasteiger partial charge in [-0.3, -0.25) is 0 Å². The van der Waals surface area contributed by atoms with Gasteiger partial charge in [0.15, 0.2) is 0 Å². The summed E-state index contributed by atoms with van der Waals surface area (Å²) < 4.78 is 11.6. The summed E-state index contributed by atoms with van der Waals surface area (Å²) in [6.07, 6.45) is 0. The molecular formula is C58H36N2OS. The van der Waals surface area contributed by atoms with Crippen molar-refractivity contribution in [1.29, 1.82) is 0 Å². The number of anilines is 3. The molecule has 3 aromatic heterocycles. The highest BCUT2D eigenvalue weighted by Crippen LogP contribution is 2.45. The highest BCUT2D eigenvalue weighted by molar-refractivity contribution is 7.25. The summed E-state index contributed by atoms with van der Waals surface area (Å²) in [4.78, 5) is 2.41. The molecule has 290 valence electrons. The SMILES string of the molecule is c1ccc(-n2c3ccccc3c3ccccc32)c(N(c2ccc(-c3cccc4oc5c6ccccc6ccc5c34)cc2)c2ccc(-c3cccc4sc5ccccc5c34)cc2)c1. The van der Waals surface area contributed by atoms with Gasteiger partial charge in [-0.1, -0.05) is 146 Å². The molecule has 0 radical (unpaired) electrons. The van der Waals surface area contributed by atoms with Gasteiger partial charge in [0.1, 0.15) is 11.2 Å². The van der Waals surface area contributed by atoms with Crippen LogP contribution in [0.2, 0.25) is 0 Å². The first-order valence-electron chi connectivity index (χ1n) is 21.1. The molecule has 0 aliphatic rings. The largest absolute Gasteiger partial charge is 0.455 e. The second kappa shape index (κ2) is 13.8. The lowest BCUT2D eigenvalue weighted by Gasteiger charge is -2.28. The fraction of sp³-hybridized carbons (Fsp3) is 0. The molecule has 0 saturated heterocycles. The lowest BCUT2D eigenvalue weighted by atomic mass is 9.97. The van der Waals surface area contributed by atoms with Gasteiger partial charge >= 0.3 is 0 Å².